The molecule has 0 saturated carbocycles. The van der Waals surface area contributed by atoms with Gasteiger partial charge in [-0.15, -0.1) is 10.2 Å². The van der Waals surface area contributed by atoms with Crippen LogP contribution in [0, 0.1) is 0 Å². The SMILES string of the molecule is CN(Cc1nnc2n1CCC2)C(=O)C(C)(C)Oc1ccc(Cl)cc1. The molecular formula is C17H21ClN4O2. The van der Waals surface area contributed by atoms with E-state index in [1.54, 1.807) is 50.1 Å². The Labute approximate surface area is 146 Å². The van der Waals surface area contributed by atoms with E-state index in [9.17, 15) is 4.79 Å². The van der Waals surface area contributed by atoms with E-state index < -0.39 is 5.60 Å². The van der Waals surface area contributed by atoms with Crippen molar-refractivity contribution in [2.24, 2.45) is 0 Å². The first-order chi connectivity index (χ1) is 11.4. The second kappa shape index (κ2) is 6.43. The Kier molecular flexibility index (Phi) is 4.49. The molecule has 7 heteroatoms. The molecule has 0 spiro atoms. The van der Waals surface area contributed by atoms with Crippen LogP contribution in [0.5, 0.6) is 5.75 Å². The standard InChI is InChI=1S/C17H21ClN4O2/c1-17(2,24-13-8-6-12(18)7-9-13)16(23)21(3)11-15-20-19-14-5-4-10-22(14)15/h6-9H,4-5,10-11H2,1-3H3. The van der Waals surface area contributed by atoms with E-state index in [4.69, 9.17) is 16.3 Å². The molecule has 6 nitrogen and oxygen atoms in total. The second-order valence-corrected chi connectivity index (χ2v) is 6.95. The third-order valence-corrected chi connectivity index (χ3v) is 4.37. The van der Waals surface area contributed by atoms with Crippen LogP contribution >= 0.6 is 11.6 Å². The van der Waals surface area contributed by atoms with Crippen molar-refractivity contribution in [3.8, 4) is 5.75 Å². The zero-order valence-electron chi connectivity index (χ0n) is 14.1. The maximum Gasteiger partial charge on any atom is 0.266 e. The van der Waals surface area contributed by atoms with Gasteiger partial charge in [0.1, 0.15) is 11.6 Å². The molecule has 2 heterocycles. The van der Waals surface area contributed by atoms with Crippen LogP contribution in [-0.4, -0.2) is 38.2 Å². The first kappa shape index (κ1) is 16.8. The van der Waals surface area contributed by atoms with Gasteiger partial charge in [-0.05, 0) is 44.5 Å². The van der Waals surface area contributed by atoms with Gasteiger partial charge in [0.2, 0.25) is 0 Å². The lowest BCUT2D eigenvalue weighted by atomic mass is 10.1. The fourth-order valence-corrected chi connectivity index (χ4v) is 3.04. The number of aromatic nitrogens is 3. The van der Waals surface area contributed by atoms with Crippen molar-refractivity contribution in [3.63, 3.8) is 0 Å². The highest BCUT2D eigenvalue weighted by Crippen LogP contribution is 2.23. The highest BCUT2D eigenvalue weighted by atomic mass is 35.5. The molecular weight excluding hydrogens is 328 g/mol. The molecule has 3 rings (SSSR count). The Balaban J connectivity index is 1.68. The van der Waals surface area contributed by atoms with Gasteiger partial charge in [0.25, 0.3) is 5.91 Å². The van der Waals surface area contributed by atoms with Gasteiger partial charge in [0, 0.05) is 25.0 Å². The van der Waals surface area contributed by atoms with Gasteiger partial charge in [-0.2, -0.15) is 0 Å². The van der Waals surface area contributed by atoms with Crippen molar-refractivity contribution in [1.82, 2.24) is 19.7 Å². The Morgan fingerprint density at radius 2 is 2.04 bits per heavy atom. The number of nitrogens with zero attached hydrogens (tertiary/aromatic N) is 4. The highest BCUT2D eigenvalue weighted by Gasteiger charge is 2.33. The number of halogens is 1. The molecule has 0 bridgehead atoms. The average molecular weight is 349 g/mol. The maximum atomic E-state index is 12.8. The summed E-state index contributed by atoms with van der Waals surface area (Å²) in [4.78, 5) is 14.4. The highest BCUT2D eigenvalue weighted by molar-refractivity contribution is 6.30. The molecule has 1 aromatic heterocycles. The van der Waals surface area contributed by atoms with E-state index >= 15 is 0 Å². The molecule has 24 heavy (non-hydrogen) atoms. The summed E-state index contributed by atoms with van der Waals surface area (Å²) in [5, 5.41) is 9.01. The average Bonchev–Trinajstić information content (AvgIpc) is 3.13. The molecule has 0 aliphatic carbocycles. The zero-order valence-corrected chi connectivity index (χ0v) is 14.9. The van der Waals surface area contributed by atoms with Crippen LogP contribution < -0.4 is 4.74 Å². The molecule has 1 aromatic carbocycles. The zero-order chi connectivity index (χ0) is 17.3. The summed E-state index contributed by atoms with van der Waals surface area (Å²) in [5.74, 6) is 2.31. The molecule has 0 fully saturated rings. The molecule has 1 aliphatic rings. The van der Waals surface area contributed by atoms with E-state index in [0.717, 1.165) is 31.0 Å². The van der Waals surface area contributed by atoms with Gasteiger partial charge in [-0.25, -0.2) is 0 Å². The summed E-state index contributed by atoms with van der Waals surface area (Å²) >= 11 is 5.88. The smallest absolute Gasteiger partial charge is 0.266 e. The quantitative estimate of drug-likeness (QED) is 0.833. The minimum Gasteiger partial charge on any atom is -0.478 e. The summed E-state index contributed by atoms with van der Waals surface area (Å²) in [6.07, 6.45) is 2.04. The van der Waals surface area contributed by atoms with Gasteiger partial charge < -0.3 is 14.2 Å². The van der Waals surface area contributed by atoms with Crippen LogP contribution in [0.2, 0.25) is 5.02 Å². The van der Waals surface area contributed by atoms with E-state index in [0.29, 0.717) is 17.3 Å². The number of ether oxygens (including phenoxy) is 1. The number of fused-ring (bicyclic) bond motifs is 1. The third-order valence-electron chi connectivity index (χ3n) is 4.11. The van der Waals surface area contributed by atoms with E-state index in [1.165, 1.54) is 0 Å². The van der Waals surface area contributed by atoms with Crippen molar-refractivity contribution in [2.45, 2.75) is 45.4 Å². The number of carbonyl (C=O) groups is 1. The first-order valence-electron chi connectivity index (χ1n) is 7.98. The molecule has 0 N–H and O–H groups in total. The normalized spacial score (nSPS) is 13.7. The summed E-state index contributed by atoms with van der Waals surface area (Å²) in [5.41, 5.74) is -0.990. The predicted molar refractivity (Wildman–Crippen MR) is 91.0 cm³/mol. The molecule has 2 aromatic rings. The summed E-state index contributed by atoms with van der Waals surface area (Å²) < 4.78 is 7.95. The monoisotopic (exact) mass is 348 g/mol. The van der Waals surface area contributed by atoms with Crippen LogP contribution in [0.3, 0.4) is 0 Å². The van der Waals surface area contributed by atoms with Gasteiger partial charge in [-0.1, -0.05) is 11.6 Å². The lowest BCUT2D eigenvalue weighted by Crippen LogP contribution is -2.47. The largest absolute Gasteiger partial charge is 0.478 e. The van der Waals surface area contributed by atoms with Gasteiger partial charge in [0.05, 0.1) is 6.54 Å². The van der Waals surface area contributed by atoms with Crippen molar-refractivity contribution >= 4 is 17.5 Å². The molecule has 0 saturated heterocycles. The first-order valence-corrected chi connectivity index (χ1v) is 8.36. The number of hydrogen-bond acceptors (Lipinski definition) is 4. The molecule has 128 valence electrons. The second-order valence-electron chi connectivity index (χ2n) is 6.52. The minimum atomic E-state index is -0.990. The van der Waals surface area contributed by atoms with Crippen molar-refractivity contribution in [3.05, 3.63) is 40.9 Å². The van der Waals surface area contributed by atoms with Crippen LogP contribution in [0.1, 0.15) is 31.9 Å². The van der Waals surface area contributed by atoms with E-state index in [-0.39, 0.29) is 5.91 Å². The van der Waals surface area contributed by atoms with Gasteiger partial charge in [-0.3, -0.25) is 4.79 Å². The lowest BCUT2D eigenvalue weighted by molar-refractivity contribution is -0.144. The van der Waals surface area contributed by atoms with Crippen molar-refractivity contribution < 1.29 is 9.53 Å². The van der Waals surface area contributed by atoms with Crippen LogP contribution in [0.25, 0.3) is 0 Å². The number of benzene rings is 1. The van der Waals surface area contributed by atoms with Crippen molar-refractivity contribution in [1.29, 1.82) is 0 Å². The Morgan fingerprint density at radius 3 is 2.75 bits per heavy atom. The van der Waals surface area contributed by atoms with Crippen LogP contribution in [0.15, 0.2) is 24.3 Å². The Hall–Kier alpha value is -2.08. The molecule has 0 radical (unpaired) electrons. The Morgan fingerprint density at radius 1 is 1.33 bits per heavy atom. The van der Waals surface area contributed by atoms with E-state index in [1.807, 2.05) is 0 Å². The number of aryl methyl sites for hydroxylation is 1. The molecule has 0 unspecified atom stereocenters. The number of carbonyl (C=O) groups excluding carboxylic acids is 1. The fraction of sp³-hybridized carbons (Fsp3) is 0.471. The summed E-state index contributed by atoms with van der Waals surface area (Å²) in [6, 6.07) is 6.98. The minimum absolute atomic E-state index is 0.118. The number of amides is 1. The number of rotatable bonds is 5. The third kappa shape index (κ3) is 3.38. The lowest BCUT2D eigenvalue weighted by Gasteiger charge is -2.30. The molecule has 0 atom stereocenters. The Bertz CT molecular complexity index is 740. The molecule has 1 aliphatic heterocycles. The summed E-state index contributed by atoms with van der Waals surface area (Å²) in [7, 11) is 1.76. The maximum absolute atomic E-state index is 12.8. The summed E-state index contributed by atoms with van der Waals surface area (Å²) in [6.45, 7) is 4.85. The van der Waals surface area contributed by atoms with Gasteiger partial charge >= 0.3 is 0 Å². The van der Waals surface area contributed by atoms with Crippen LogP contribution in [-0.2, 0) is 24.3 Å². The van der Waals surface area contributed by atoms with E-state index in [2.05, 4.69) is 14.8 Å². The number of hydrogen-bond donors (Lipinski definition) is 0. The van der Waals surface area contributed by atoms with Gasteiger partial charge in [0.15, 0.2) is 11.4 Å². The topological polar surface area (TPSA) is 60.2 Å². The van der Waals surface area contributed by atoms with Crippen molar-refractivity contribution in [2.75, 3.05) is 7.05 Å². The fourth-order valence-electron chi connectivity index (χ4n) is 2.91. The van der Waals surface area contributed by atoms with Crippen LogP contribution in [0.4, 0.5) is 0 Å². The molecule has 1 amide bonds. The predicted octanol–water partition coefficient (Wildman–Crippen LogP) is 2.69. The number of likely N-dealkylation sites (N-methyl/N-ethyl adjacent to an activating group) is 1.